The molecular weight excluding hydrogens is 386 g/mol. The van der Waals surface area contributed by atoms with E-state index in [9.17, 15) is 25.5 Å². The van der Waals surface area contributed by atoms with Crippen LogP contribution in [0.5, 0.6) is 5.75 Å². The Kier molecular flexibility index (Phi) is 6.15. The molecule has 0 fully saturated rings. The second kappa shape index (κ2) is 9.12. The molecule has 30 heavy (non-hydrogen) atoms. The van der Waals surface area contributed by atoms with Gasteiger partial charge >= 0.3 is 5.69 Å². The Bertz CT molecular complexity index is 1170. The van der Waals surface area contributed by atoms with Crippen LogP contribution in [0.3, 0.4) is 0 Å². The van der Waals surface area contributed by atoms with Crippen molar-refractivity contribution in [1.82, 2.24) is 0 Å². The fourth-order valence-corrected chi connectivity index (χ4v) is 2.76. The number of nitriles is 1. The largest absolute Gasteiger partial charge is 0.482 e. The monoisotopic (exact) mass is 401 g/mol. The molecule has 3 aromatic rings. The molecular formula is C22H15N3O5. The van der Waals surface area contributed by atoms with Gasteiger partial charge in [-0.25, -0.2) is 0 Å². The zero-order valence-corrected chi connectivity index (χ0v) is 15.6. The van der Waals surface area contributed by atoms with Gasteiger partial charge in [0.15, 0.2) is 5.75 Å². The third-order valence-corrected chi connectivity index (χ3v) is 4.22. The highest BCUT2D eigenvalue weighted by Gasteiger charge is 2.16. The second-order valence-corrected chi connectivity index (χ2v) is 6.24. The van der Waals surface area contributed by atoms with E-state index in [2.05, 4.69) is 0 Å². The highest BCUT2D eigenvalue weighted by molar-refractivity contribution is 5.90. The van der Waals surface area contributed by atoms with Crippen LogP contribution in [0.15, 0.2) is 72.8 Å². The molecule has 3 rings (SSSR count). The number of non-ortho nitro benzene ring substituents is 1. The topological polar surface area (TPSA) is 119 Å². The molecule has 0 N–H and O–H groups in total. The summed E-state index contributed by atoms with van der Waals surface area (Å²) in [5, 5.41) is 31.9. The number of allylic oxidation sites excluding steroid dienone is 1. The molecule has 0 radical (unpaired) electrons. The van der Waals surface area contributed by atoms with E-state index in [-0.39, 0.29) is 29.3 Å². The van der Waals surface area contributed by atoms with Gasteiger partial charge in [-0.15, -0.1) is 0 Å². The highest BCUT2D eigenvalue weighted by Crippen LogP contribution is 2.31. The van der Waals surface area contributed by atoms with Gasteiger partial charge in [-0.2, -0.15) is 5.26 Å². The van der Waals surface area contributed by atoms with Gasteiger partial charge in [0.1, 0.15) is 6.61 Å². The molecule has 0 bridgehead atoms. The fourth-order valence-electron chi connectivity index (χ4n) is 2.76. The average molecular weight is 401 g/mol. The van der Waals surface area contributed by atoms with Gasteiger partial charge in [-0.05, 0) is 28.8 Å². The standard InChI is InChI=1S/C22H15N3O5/c23-14-19(18-7-4-8-20(13-18)24(26)27)11-17-9-10-22(21(12-17)25(28)29)30-15-16-5-2-1-3-6-16/h1-13H,15H2/b19-11-. The van der Waals surface area contributed by atoms with Crippen LogP contribution >= 0.6 is 0 Å². The van der Waals surface area contributed by atoms with E-state index in [0.717, 1.165) is 5.56 Å². The molecule has 0 amide bonds. The molecule has 0 saturated heterocycles. The number of hydrogen-bond donors (Lipinski definition) is 0. The maximum atomic E-state index is 11.5. The van der Waals surface area contributed by atoms with Crippen LogP contribution in [0.2, 0.25) is 0 Å². The van der Waals surface area contributed by atoms with Crippen LogP contribution in [-0.4, -0.2) is 9.85 Å². The zero-order valence-electron chi connectivity index (χ0n) is 15.6. The van der Waals surface area contributed by atoms with E-state index in [1.165, 1.54) is 36.4 Å². The Morgan fingerprint density at radius 2 is 1.73 bits per heavy atom. The minimum atomic E-state index is -0.558. The number of ether oxygens (including phenoxy) is 1. The Labute approximate surface area is 171 Å². The lowest BCUT2D eigenvalue weighted by Gasteiger charge is -2.08. The van der Waals surface area contributed by atoms with Gasteiger partial charge < -0.3 is 4.74 Å². The number of rotatable bonds is 7. The molecule has 0 atom stereocenters. The second-order valence-electron chi connectivity index (χ2n) is 6.24. The van der Waals surface area contributed by atoms with Crippen molar-refractivity contribution in [2.75, 3.05) is 0 Å². The van der Waals surface area contributed by atoms with Crippen LogP contribution < -0.4 is 4.74 Å². The summed E-state index contributed by atoms with van der Waals surface area (Å²) in [7, 11) is 0. The van der Waals surface area contributed by atoms with Crippen LogP contribution in [-0.2, 0) is 6.61 Å². The SMILES string of the molecule is N#C/C(=C/c1ccc(OCc2ccccc2)c([N+](=O)[O-])c1)c1cccc([N+](=O)[O-])c1. The highest BCUT2D eigenvalue weighted by atomic mass is 16.6. The molecule has 0 unspecified atom stereocenters. The number of nitro groups is 2. The van der Waals surface area contributed by atoms with Crippen molar-refractivity contribution in [2.45, 2.75) is 6.61 Å². The van der Waals surface area contributed by atoms with E-state index >= 15 is 0 Å². The Hall–Kier alpha value is -4.51. The van der Waals surface area contributed by atoms with Crippen molar-refractivity contribution in [2.24, 2.45) is 0 Å². The first-order valence-electron chi connectivity index (χ1n) is 8.79. The van der Waals surface area contributed by atoms with Gasteiger partial charge in [-0.3, -0.25) is 20.2 Å². The Balaban J connectivity index is 1.91. The minimum absolute atomic E-state index is 0.106. The number of hydrogen-bond acceptors (Lipinski definition) is 6. The number of nitro benzene ring substituents is 2. The average Bonchev–Trinajstić information content (AvgIpc) is 2.77. The van der Waals surface area contributed by atoms with Crippen LogP contribution in [0.1, 0.15) is 16.7 Å². The Morgan fingerprint density at radius 1 is 0.967 bits per heavy atom. The first kappa shape index (κ1) is 20.2. The summed E-state index contributed by atoms with van der Waals surface area (Å²) in [6, 6.07) is 21.2. The lowest BCUT2D eigenvalue weighted by molar-refractivity contribution is -0.386. The van der Waals surface area contributed by atoms with Gasteiger partial charge in [0, 0.05) is 18.2 Å². The van der Waals surface area contributed by atoms with Crippen molar-refractivity contribution in [3.05, 3.63) is 110 Å². The van der Waals surface area contributed by atoms with Crippen molar-refractivity contribution in [3.63, 3.8) is 0 Å². The normalized spacial score (nSPS) is 10.8. The smallest absolute Gasteiger partial charge is 0.311 e. The first-order valence-corrected chi connectivity index (χ1v) is 8.79. The zero-order chi connectivity index (χ0) is 21.5. The van der Waals surface area contributed by atoms with Gasteiger partial charge in [0.05, 0.1) is 21.5 Å². The minimum Gasteiger partial charge on any atom is -0.482 e. The summed E-state index contributed by atoms with van der Waals surface area (Å²) in [6.07, 6.45) is 1.44. The molecule has 3 aromatic carbocycles. The predicted molar refractivity (Wildman–Crippen MR) is 110 cm³/mol. The van der Waals surface area contributed by atoms with E-state index in [4.69, 9.17) is 4.74 Å². The molecule has 8 heteroatoms. The van der Waals surface area contributed by atoms with E-state index in [0.29, 0.717) is 11.1 Å². The lowest BCUT2D eigenvalue weighted by Crippen LogP contribution is -1.99. The van der Waals surface area contributed by atoms with E-state index in [1.54, 1.807) is 12.1 Å². The van der Waals surface area contributed by atoms with Crippen molar-refractivity contribution in [1.29, 1.82) is 5.26 Å². The maximum Gasteiger partial charge on any atom is 0.311 e. The van der Waals surface area contributed by atoms with Crippen LogP contribution in [0.4, 0.5) is 11.4 Å². The van der Waals surface area contributed by atoms with E-state index in [1.807, 2.05) is 36.4 Å². The molecule has 0 aromatic heterocycles. The summed E-state index contributed by atoms with van der Waals surface area (Å²) >= 11 is 0. The van der Waals surface area contributed by atoms with Crippen molar-refractivity contribution in [3.8, 4) is 11.8 Å². The summed E-state index contributed by atoms with van der Waals surface area (Å²) in [6.45, 7) is 0.175. The maximum absolute atomic E-state index is 11.5. The molecule has 0 aliphatic rings. The Morgan fingerprint density at radius 3 is 2.40 bits per heavy atom. The van der Waals surface area contributed by atoms with Crippen molar-refractivity contribution < 1.29 is 14.6 Å². The molecule has 148 valence electrons. The molecule has 8 nitrogen and oxygen atoms in total. The summed E-state index contributed by atoms with van der Waals surface area (Å²) in [5.41, 5.74) is 1.37. The third-order valence-electron chi connectivity index (χ3n) is 4.22. The molecule has 0 aliphatic carbocycles. The summed E-state index contributed by atoms with van der Waals surface area (Å²) in [5.74, 6) is 0.106. The van der Waals surface area contributed by atoms with Gasteiger partial charge in [0.25, 0.3) is 5.69 Å². The molecule has 0 heterocycles. The molecule has 0 saturated carbocycles. The van der Waals surface area contributed by atoms with Crippen LogP contribution in [0, 0.1) is 31.6 Å². The quantitative estimate of drug-likeness (QED) is 0.234. The fraction of sp³-hybridized carbons (Fsp3) is 0.0455. The summed E-state index contributed by atoms with van der Waals surface area (Å²) in [4.78, 5) is 21.3. The first-order chi connectivity index (χ1) is 14.5. The lowest BCUT2D eigenvalue weighted by atomic mass is 10.0. The van der Waals surface area contributed by atoms with Crippen molar-refractivity contribution >= 4 is 23.0 Å². The number of benzene rings is 3. The third kappa shape index (κ3) is 4.85. The molecule has 0 spiro atoms. The van der Waals surface area contributed by atoms with E-state index < -0.39 is 9.85 Å². The number of nitrogens with zero attached hydrogens (tertiary/aromatic N) is 3. The van der Waals surface area contributed by atoms with Gasteiger partial charge in [-0.1, -0.05) is 48.5 Å². The molecule has 0 aliphatic heterocycles. The van der Waals surface area contributed by atoms with Crippen LogP contribution in [0.25, 0.3) is 11.6 Å². The summed E-state index contributed by atoms with van der Waals surface area (Å²) < 4.78 is 5.60. The van der Waals surface area contributed by atoms with Gasteiger partial charge in [0.2, 0.25) is 0 Å². The predicted octanol–water partition coefficient (Wildman–Crippen LogP) is 5.15.